The van der Waals surface area contributed by atoms with Gasteiger partial charge < -0.3 is 19.8 Å². The van der Waals surface area contributed by atoms with Gasteiger partial charge in [0, 0.05) is 31.7 Å². The molecule has 2 saturated heterocycles. The number of aromatic hydroxyl groups is 1. The minimum Gasteiger partial charge on any atom is -0.508 e. The van der Waals surface area contributed by atoms with Gasteiger partial charge in [0.25, 0.3) is 11.7 Å². The van der Waals surface area contributed by atoms with Crippen molar-refractivity contribution >= 4 is 17.4 Å². The smallest absolute Gasteiger partial charge is 0.295 e. The first kappa shape index (κ1) is 22.0. The van der Waals surface area contributed by atoms with Gasteiger partial charge in [-0.15, -0.1) is 0 Å². The number of carbonyl (C=O) groups is 2. The maximum Gasteiger partial charge on any atom is 0.295 e. The van der Waals surface area contributed by atoms with Crippen LogP contribution >= 0.6 is 0 Å². The number of hydrogen-bond acceptors (Lipinski definition) is 6. The highest BCUT2D eigenvalue weighted by atomic mass is 19.1. The SMILES string of the molecule is O=C1C(=O)N(CCCN2CCOCC2)[C@H](c2ccc(O)cc2)C1=C(O)c1ccc(F)cc1. The van der Waals surface area contributed by atoms with E-state index >= 15 is 0 Å². The summed E-state index contributed by atoms with van der Waals surface area (Å²) in [5.41, 5.74) is 0.803. The maximum atomic E-state index is 13.3. The van der Waals surface area contributed by atoms with E-state index in [4.69, 9.17) is 4.74 Å². The highest BCUT2D eigenvalue weighted by Crippen LogP contribution is 2.39. The quantitative estimate of drug-likeness (QED) is 0.408. The maximum absolute atomic E-state index is 13.3. The first-order valence-corrected chi connectivity index (χ1v) is 10.6. The third-order valence-corrected chi connectivity index (χ3v) is 5.84. The van der Waals surface area contributed by atoms with E-state index in [-0.39, 0.29) is 22.6 Å². The molecular weight excluding hydrogens is 415 g/mol. The van der Waals surface area contributed by atoms with Crippen molar-refractivity contribution in [3.05, 3.63) is 71.0 Å². The number of carbonyl (C=O) groups excluding carboxylic acids is 2. The average molecular weight is 440 g/mol. The lowest BCUT2D eigenvalue weighted by Crippen LogP contribution is -2.38. The molecule has 1 amide bonds. The molecular formula is C24H25FN2O5. The van der Waals surface area contributed by atoms with E-state index < -0.39 is 23.5 Å². The van der Waals surface area contributed by atoms with Gasteiger partial charge in [0.15, 0.2) is 0 Å². The largest absolute Gasteiger partial charge is 0.508 e. The summed E-state index contributed by atoms with van der Waals surface area (Å²) in [4.78, 5) is 29.6. The van der Waals surface area contributed by atoms with Gasteiger partial charge >= 0.3 is 0 Å². The van der Waals surface area contributed by atoms with Crippen LogP contribution < -0.4 is 0 Å². The Morgan fingerprint density at radius 1 is 1.00 bits per heavy atom. The summed E-state index contributed by atoms with van der Waals surface area (Å²) in [7, 11) is 0. The Morgan fingerprint density at radius 2 is 1.66 bits per heavy atom. The Hall–Kier alpha value is -3.23. The average Bonchev–Trinajstić information content (AvgIpc) is 3.05. The minimum atomic E-state index is -0.801. The van der Waals surface area contributed by atoms with Crippen molar-refractivity contribution in [2.75, 3.05) is 39.4 Å². The van der Waals surface area contributed by atoms with Gasteiger partial charge in [-0.2, -0.15) is 0 Å². The number of aliphatic hydroxyl groups is 1. The molecule has 2 aromatic rings. The monoisotopic (exact) mass is 440 g/mol. The molecule has 168 valence electrons. The van der Waals surface area contributed by atoms with Crippen LogP contribution in [0.1, 0.15) is 23.6 Å². The van der Waals surface area contributed by atoms with Gasteiger partial charge in [-0.3, -0.25) is 14.5 Å². The Labute approximate surface area is 185 Å². The summed E-state index contributed by atoms with van der Waals surface area (Å²) >= 11 is 0. The van der Waals surface area contributed by atoms with Crippen molar-refractivity contribution < 1.29 is 28.9 Å². The number of nitrogens with zero attached hydrogens (tertiary/aromatic N) is 2. The zero-order chi connectivity index (χ0) is 22.7. The highest BCUT2D eigenvalue weighted by Gasteiger charge is 2.45. The topological polar surface area (TPSA) is 90.3 Å². The number of amides is 1. The molecule has 32 heavy (non-hydrogen) atoms. The van der Waals surface area contributed by atoms with E-state index in [0.29, 0.717) is 31.7 Å². The van der Waals surface area contributed by atoms with Gasteiger partial charge in [-0.25, -0.2) is 4.39 Å². The third-order valence-electron chi connectivity index (χ3n) is 5.84. The van der Waals surface area contributed by atoms with Gasteiger partial charge in [-0.05, 0) is 48.4 Å². The van der Waals surface area contributed by atoms with Crippen LogP contribution in [0.4, 0.5) is 4.39 Å². The molecule has 7 nitrogen and oxygen atoms in total. The fourth-order valence-corrected chi connectivity index (χ4v) is 4.17. The summed E-state index contributed by atoms with van der Waals surface area (Å²) in [5.74, 6) is -2.24. The lowest BCUT2D eigenvalue weighted by Gasteiger charge is -2.29. The molecule has 0 unspecified atom stereocenters. The predicted octanol–water partition coefficient (Wildman–Crippen LogP) is 2.68. The molecule has 8 heteroatoms. The van der Waals surface area contributed by atoms with Crippen LogP contribution in [0.15, 0.2) is 54.1 Å². The molecule has 0 radical (unpaired) electrons. The van der Waals surface area contributed by atoms with E-state index in [0.717, 1.165) is 19.6 Å². The second-order valence-corrected chi connectivity index (χ2v) is 7.90. The van der Waals surface area contributed by atoms with E-state index in [9.17, 15) is 24.2 Å². The van der Waals surface area contributed by atoms with E-state index in [1.165, 1.54) is 41.3 Å². The minimum absolute atomic E-state index is 0.0429. The fourth-order valence-electron chi connectivity index (χ4n) is 4.17. The summed E-state index contributed by atoms with van der Waals surface area (Å²) in [5, 5.41) is 20.6. The van der Waals surface area contributed by atoms with Crippen LogP contribution in [0.2, 0.25) is 0 Å². The number of likely N-dealkylation sites (tertiary alicyclic amines) is 1. The highest BCUT2D eigenvalue weighted by molar-refractivity contribution is 6.46. The first-order valence-electron chi connectivity index (χ1n) is 10.6. The van der Waals surface area contributed by atoms with Crippen molar-refractivity contribution in [3.63, 3.8) is 0 Å². The normalized spacial score (nSPS) is 21.3. The number of phenolic OH excluding ortho intramolecular Hbond substituents is 1. The van der Waals surface area contributed by atoms with Crippen LogP contribution in [0.3, 0.4) is 0 Å². The molecule has 2 aliphatic heterocycles. The summed E-state index contributed by atoms with van der Waals surface area (Å²) in [6, 6.07) is 10.5. The molecule has 0 bridgehead atoms. The van der Waals surface area contributed by atoms with Gasteiger partial charge in [0.05, 0.1) is 24.8 Å². The predicted molar refractivity (Wildman–Crippen MR) is 115 cm³/mol. The number of ketones is 1. The number of benzene rings is 2. The molecule has 2 fully saturated rings. The fraction of sp³-hybridized carbons (Fsp3) is 0.333. The first-order chi connectivity index (χ1) is 15.5. The molecule has 2 aromatic carbocycles. The zero-order valence-electron chi connectivity index (χ0n) is 17.5. The van der Waals surface area contributed by atoms with Crippen molar-refractivity contribution in [1.29, 1.82) is 0 Å². The number of aliphatic hydroxyl groups excluding tert-OH is 1. The van der Waals surface area contributed by atoms with Gasteiger partial charge in [0.2, 0.25) is 0 Å². The number of Topliss-reactive ketones (excluding diaryl/α,β-unsaturated/α-hetero) is 1. The summed E-state index contributed by atoms with van der Waals surface area (Å²) in [6.07, 6.45) is 0.651. The molecule has 2 heterocycles. The van der Waals surface area contributed by atoms with Crippen molar-refractivity contribution in [1.82, 2.24) is 9.80 Å². The standard InChI is InChI=1S/C24H25FN2O5/c25-18-6-2-17(3-7-18)22(29)20-21(16-4-8-19(28)9-5-16)27(24(31)23(20)30)11-1-10-26-12-14-32-15-13-26/h2-9,21,28-29H,1,10-15H2/t21-/m1/s1. The van der Waals surface area contributed by atoms with E-state index in [2.05, 4.69) is 4.90 Å². The molecule has 2 N–H and O–H groups in total. The molecule has 0 saturated carbocycles. The Kier molecular flexibility index (Phi) is 6.53. The van der Waals surface area contributed by atoms with Crippen LogP contribution in [0, 0.1) is 5.82 Å². The van der Waals surface area contributed by atoms with E-state index in [1.807, 2.05) is 0 Å². The van der Waals surface area contributed by atoms with Crippen LogP contribution in [-0.2, 0) is 14.3 Å². The number of halogens is 1. The Balaban J connectivity index is 1.66. The lowest BCUT2D eigenvalue weighted by molar-refractivity contribution is -0.140. The number of phenols is 1. The van der Waals surface area contributed by atoms with Gasteiger partial charge in [-0.1, -0.05) is 12.1 Å². The van der Waals surface area contributed by atoms with Crippen LogP contribution in [0.25, 0.3) is 5.76 Å². The molecule has 4 rings (SSSR count). The molecule has 0 spiro atoms. The van der Waals surface area contributed by atoms with Crippen LogP contribution in [-0.4, -0.2) is 71.1 Å². The molecule has 2 aliphatic rings. The second kappa shape index (κ2) is 9.50. The zero-order valence-corrected chi connectivity index (χ0v) is 17.5. The van der Waals surface area contributed by atoms with Crippen molar-refractivity contribution in [2.24, 2.45) is 0 Å². The lowest BCUT2D eigenvalue weighted by atomic mass is 9.95. The number of ether oxygens (including phenoxy) is 1. The second-order valence-electron chi connectivity index (χ2n) is 7.90. The summed E-state index contributed by atoms with van der Waals surface area (Å²) in [6.45, 7) is 4.08. The molecule has 0 aliphatic carbocycles. The third kappa shape index (κ3) is 4.51. The Bertz CT molecular complexity index is 1010. The number of hydrogen-bond donors (Lipinski definition) is 2. The summed E-state index contributed by atoms with van der Waals surface area (Å²) < 4.78 is 18.7. The van der Waals surface area contributed by atoms with Gasteiger partial charge in [0.1, 0.15) is 17.3 Å². The number of morpholine rings is 1. The van der Waals surface area contributed by atoms with Crippen molar-refractivity contribution in [2.45, 2.75) is 12.5 Å². The van der Waals surface area contributed by atoms with Crippen molar-refractivity contribution in [3.8, 4) is 5.75 Å². The molecule has 1 atom stereocenters. The number of rotatable bonds is 6. The van der Waals surface area contributed by atoms with Crippen LogP contribution in [0.5, 0.6) is 5.75 Å². The Morgan fingerprint density at radius 3 is 2.31 bits per heavy atom. The van der Waals surface area contributed by atoms with E-state index in [1.54, 1.807) is 12.1 Å². The molecule has 0 aromatic heterocycles.